The summed E-state index contributed by atoms with van der Waals surface area (Å²) in [5.41, 5.74) is 0.790. The molecule has 4 heterocycles. The van der Waals surface area contributed by atoms with Crippen molar-refractivity contribution in [2.75, 3.05) is 26.2 Å². The van der Waals surface area contributed by atoms with Crippen LogP contribution in [0.1, 0.15) is 52.0 Å². The Morgan fingerprint density at radius 2 is 1.72 bits per heavy atom. The van der Waals surface area contributed by atoms with Gasteiger partial charge in [0.05, 0.1) is 11.1 Å². The molecule has 0 saturated carbocycles. The highest BCUT2D eigenvalue weighted by molar-refractivity contribution is 6.23. The maximum atomic E-state index is 13.1. The van der Waals surface area contributed by atoms with Crippen molar-refractivity contribution in [3.8, 4) is 0 Å². The average Bonchev–Trinajstić information content (AvgIpc) is 3.02. The summed E-state index contributed by atoms with van der Waals surface area (Å²) in [4.78, 5) is 65.6. The minimum absolute atomic E-state index is 0.0432. The smallest absolute Gasteiger partial charge is 0.262 e. The Hall–Kier alpha value is -3.11. The molecule has 1 atom stereocenters. The third kappa shape index (κ3) is 3.21. The summed E-state index contributed by atoms with van der Waals surface area (Å²) in [7, 11) is 0. The highest BCUT2D eigenvalue weighted by atomic mass is 16.2. The number of piperidine rings is 2. The van der Waals surface area contributed by atoms with Crippen LogP contribution < -0.4 is 16.0 Å². The van der Waals surface area contributed by atoms with Crippen molar-refractivity contribution in [3.63, 3.8) is 0 Å². The number of imide groups is 2. The third-order valence-electron chi connectivity index (χ3n) is 7.00. The quantitative estimate of drug-likeness (QED) is 0.523. The van der Waals surface area contributed by atoms with E-state index >= 15 is 0 Å². The molecule has 4 aliphatic rings. The number of fused-ring (bicyclic) bond motifs is 1. The first-order valence-electron chi connectivity index (χ1n) is 11.0. The van der Waals surface area contributed by atoms with E-state index in [4.69, 9.17) is 0 Å². The first-order chi connectivity index (χ1) is 15.4. The van der Waals surface area contributed by atoms with Crippen molar-refractivity contribution in [2.45, 2.75) is 43.8 Å². The van der Waals surface area contributed by atoms with Crippen LogP contribution in [0.25, 0.3) is 0 Å². The minimum Gasteiger partial charge on any atom is -0.353 e. The Morgan fingerprint density at radius 1 is 0.969 bits per heavy atom. The van der Waals surface area contributed by atoms with Crippen molar-refractivity contribution in [1.29, 1.82) is 0 Å². The highest BCUT2D eigenvalue weighted by Gasteiger charge is 2.47. The van der Waals surface area contributed by atoms with Crippen molar-refractivity contribution < 1.29 is 24.0 Å². The van der Waals surface area contributed by atoms with Gasteiger partial charge >= 0.3 is 0 Å². The lowest BCUT2D eigenvalue weighted by molar-refractivity contribution is -0.140. The second-order valence-electron chi connectivity index (χ2n) is 8.79. The summed E-state index contributed by atoms with van der Waals surface area (Å²) in [6.07, 6.45) is 1.64. The number of piperazine rings is 1. The van der Waals surface area contributed by atoms with Gasteiger partial charge in [-0.15, -0.1) is 0 Å². The molecule has 0 radical (unpaired) electrons. The van der Waals surface area contributed by atoms with Gasteiger partial charge in [-0.05, 0) is 50.0 Å². The lowest BCUT2D eigenvalue weighted by atomic mass is 9.83. The second-order valence-corrected chi connectivity index (χ2v) is 8.79. The molecule has 10 nitrogen and oxygen atoms in total. The zero-order valence-electron chi connectivity index (χ0n) is 17.6. The van der Waals surface area contributed by atoms with Crippen LogP contribution in [0.15, 0.2) is 18.2 Å². The molecule has 168 valence electrons. The number of hydrogen-bond acceptors (Lipinski definition) is 7. The van der Waals surface area contributed by atoms with Crippen LogP contribution in [0.2, 0.25) is 0 Å². The number of benzene rings is 1. The van der Waals surface area contributed by atoms with Gasteiger partial charge in [-0.2, -0.15) is 0 Å². The number of amides is 5. The molecule has 5 rings (SSSR count). The van der Waals surface area contributed by atoms with Crippen LogP contribution in [0.4, 0.5) is 0 Å². The first kappa shape index (κ1) is 20.8. The van der Waals surface area contributed by atoms with Crippen LogP contribution in [0.5, 0.6) is 0 Å². The molecule has 3 N–H and O–H groups in total. The molecule has 1 spiro atoms. The fourth-order valence-corrected chi connectivity index (χ4v) is 5.28. The molecular weight excluding hydrogens is 414 g/mol. The Kier molecular flexibility index (Phi) is 5.06. The van der Waals surface area contributed by atoms with Gasteiger partial charge in [0, 0.05) is 26.1 Å². The predicted molar refractivity (Wildman–Crippen MR) is 111 cm³/mol. The normalized spacial score (nSPS) is 25.7. The lowest BCUT2D eigenvalue weighted by Crippen LogP contribution is -2.67. The predicted octanol–water partition coefficient (Wildman–Crippen LogP) is -0.858. The molecule has 0 bridgehead atoms. The third-order valence-corrected chi connectivity index (χ3v) is 7.00. The van der Waals surface area contributed by atoms with Crippen LogP contribution in [0, 0.1) is 0 Å². The van der Waals surface area contributed by atoms with E-state index < -0.39 is 35.2 Å². The van der Waals surface area contributed by atoms with E-state index in [1.807, 2.05) is 0 Å². The molecule has 32 heavy (non-hydrogen) atoms. The van der Waals surface area contributed by atoms with Gasteiger partial charge in [0.1, 0.15) is 11.6 Å². The monoisotopic (exact) mass is 439 g/mol. The standard InChI is InChI=1S/C22H25N5O5/c28-17-4-3-16(18(29)25-17)27-19(30)14-2-1-13(11-15(14)20(27)31)12-26-10-9-24-21(32)22(26)5-7-23-8-6-22/h1-2,11,16,23H,3-10,12H2,(H,24,32)(H,25,28,29). The van der Waals surface area contributed by atoms with Gasteiger partial charge in [-0.25, -0.2) is 0 Å². The number of rotatable bonds is 3. The van der Waals surface area contributed by atoms with E-state index in [2.05, 4.69) is 20.9 Å². The molecular formula is C22H25N5O5. The van der Waals surface area contributed by atoms with Crippen molar-refractivity contribution in [2.24, 2.45) is 0 Å². The van der Waals surface area contributed by atoms with Gasteiger partial charge in [0.25, 0.3) is 11.8 Å². The van der Waals surface area contributed by atoms with Gasteiger partial charge in [-0.1, -0.05) is 6.07 Å². The molecule has 0 aromatic heterocycles. The topological polar surface area (TPSA) is 128 Å². The number of hydrogen-bond donors (Lipinski definition) is 3. The fraction of sp³-hybridized carbons (Fsp3) is 0.500. The largest absolute Gasteiger partial charge is 0.353 e. The SMILES string of the molecule is O=C1CCC(N2C(=O)c3ccc(CN4CCNC(=O)C45CCNCC5)cc3C2=O)C(=O)N1. The Morgan fingerprint density at radius 3 is 2.47 bits per heavy atom. The van der Waals surface area contributed by atoms with E-state index in [0.29, 0.717) is 32.5 Å². The molecule has 0 aliphatic carbocycles. The van der Waals surface area contributed by atoms with Gasteiger partial charge in [-0.3, -0.25) is 39.1 Å². The minimum atomic E-state index is -0.979. The Bertz CT molecular complexity index is 1030. The van der Waals surface area contributed by atoms with E-state index in [9.17, 15) is 24.0 Å². The Labute approximate surface area is 184 Å². The molecule has 3 fully saturated rings. The van der Waals surface area contributed by atoms with Gasteiger partial charge in [0.15, 0.2) is 0 Å². The number of carbonyl (C=O) groups excluding carboxylic acids is 5. The molecule has 1 unspecified atom stereocenters. The second kappa shape index (κ2) is 7.79. The molecule has 1 aromatic rings. The van der Waals surface area contributed by atoms with E-state index in [1.165, 1.54) is 0 Å². The number of nitrogens with zero attached hydrogens (tertiary/aromatic N) is 2. The van der Waals surface area contributed by atoms with Crippen LogP contribution in [-0.2, 0) is 20.9 Å². The maximum absolute atomic E-state index is 13.1. The zero-order valence-corrected chi connectivity index (χ0v) is 17.6. The van der Waals surface area contributed by atoms with Crippen molar-refractivity contribution >= 4 is 29.5 Å². The van der Waals surface area contributed by atoms with E-state index in [1.54, 1.807) is 18.2 Å². The van der Waals surface area contributed by atoms with Crippen LogP contribution in [0.3, 0.4) is 0 Å². The summed E-state index contributed by atoms with van der Waals surface area (Å²) < 4.78 is 0. The summed E-state index contributed by atoms with van der Waals surface area (Å²) in [5, 5.41) is 8.49. The maximum Gasteiger partial charge on any atom is 0.262 e. The lowest BCUT2D eigenvalue weighted by Gasteiger charge is -2.48. The van der Waals surface area contributed by atoms with E-state index in [-0.39, 0.29) is 29.9 Å². The fourth-order valence-electron chi connectivity index (χ4n) is 5.28. The summed E-state index contributed by atoms with van der Waals surface area (Å²) >= 11 is 0. The highest BCUT2D eigenvalue weighted by Crippen LogP contribution is 2.32. The molecule has 1 aromatic carbocycles. The summed E-state index contributed by atoms with van der Waals surface area (Å²) in [6, 6.07) is 4.14. The van der Waals surface area contributed by atoms with E-state index in [0.717, 1.165) is 23.6 Å². The Balaban J connectivity index is 1.40. The van der Waals surface area contributed by atoms with Gasteiger partial charge in [0.2, 0.25) is 17.7 Å². The molecule has 10 heteroatoms. The van der Waals surface area contributed by atoms with Gasteiger partial charge < -0.3 is 10.6 Å². The van der Waals surface area contributed by atoms with Crippen LogP contribution >= 0.6 is 0 Å². The van der Waals surface area contributed by atoms with Crippen LogP contribution in [-0.4, -0.2) is 77.1 Å². The average molecular weight is 439 g/mol. The zero-order chi connectivity index (χ0) is 22.5. The first-order valence-corrected chi connectivity index (χ1v) is 11.0. The number of carbonyl (C=O) groups is 5. The van der Waals surface area contributed by atoms with Crippen molar-refractivity contribution in [1.82, 2.24) is 25.8 Å². The summed E-state index contributed by atoms with van der Waals surface area (Å²) in [6.45, 7) is 3.29. The molecule has 5 amide bonds. The molecule has 4 aliphatic heterocycles. The molecule has 3 saturated heterocycles. The number of nitrogens with one attached hydrogen (secondary N) is 3. The van der Waals surface area contributed by atoms with Crippen molar-refractivity contribution in [3.05, 3.63) is 34.9 Å². The summed E-state index contributed by atoms with van der Waals surface area (Å²) in [5.74, 6) is -2.01.